The second-order valence-electron chi connectivity index (χ2n) is 4.77. The highest BCUT2D eigenvalue weighted by molar-refractivity contribution is 5.82. The molecule has 0 aromatic carbocycles. The minimum atomic E-state index is -0.926. The number of aliphatic carboxylic acids is 1. The van der Waals surface area contributed by atoms with Gasteiger partial charge in [-0.25, -0.2) is 0 Å². The fraction of sp³-hybridized carbons (Fsp3) is 0.833. The molecule has 0 bridgehead atoms. The van der Waals surface area contributed by atoms with Crippen LogP contribution >= 0.6 is 0 Å². The summed E-state index contributed by atoms with van der Waals surface area (Å²) in [5.74, 6) is -0.976. The zero-order chi connectivity index (χ0) is 12.8. The van der Waals surface area contributed by atoms with Crippen molar-refractivity contribution in [2.24, 2.45) is 11.8 Å². The molecule has 98 valence electrons. The quantitative estimate of drug-likeness (QED) is 0.781. The molecule has 0 radical (unpaired) electrons. The van der Waals surface area contributed by atoms with E-state index in [1.807, 2.05) is 0 Å². The van der Waals surface area contributed by atoms with Gasteiger partial charge in [0.2, 0.25) is 5.91 Å². The van der Waals surface area contributed by atoms with E-state index in [0.29, 0.717) is 12.5 Å². The summed E-state index contributed by atoms with van der Waals surface area (Å²) in [6.07, 6.45) is 1.85. The van der Waals surface area contributed by atoms with Gasteiger partial charge in [-0.2, -0.15) is 0 Å². The third kappa shape index (κ3) is 4.73. The molecule has 1 aliphatic heterocycles. The number of carbonyl (C=O) groups is 2. The lowest BCUT2D eigenvalue weighted by Gasteiger charge is -2.28. The van der Waals surface area contributed by atoms with Gasteiger partial charge in [-0.3, -0.25) is 9.59 Å². The van der Waals surface area contributed by atoms with Crippen molar-refractivity contribution in [1.82, 2.24) is 4.90 Å². The van der Waals surface area contributed by atoms with Crippen molar-refractivity contribution in [1.29, 1.82) is 0 Å². The van der Waals surface area contributed by atoms with Crippen molar-refractivity contribution in [2.75, 3.05) is 26.8 Å². The van der Waals surface area contributed by atoms with E-state index in [-0.39, 0.29) is 12.3 Å². The average molecular weight is 243 g/mol. The average Bonchev–Trinajstić information content (AvgIpc) is 2.28. The Balaban J connectivity index is 2.37. The van der Waals surface area contributed by atoms with Gasteiger partial charge in [-0.1, -0.05) is 6.92 Å². The van der Waals surface area contributed by atoms with Crippen LogP contribution in [0.3, 0.4) is 0 Å². The smallest absolute Gasteiger partial charge is 0.304 e. The van der Waals surface area contributed by atoms with E-state index in [0.717, 1.165) is 26.1 Å². The summed E-state index contributed by atoms with van der Waals surface area (Å²) >= 11 is 0. The highest BCUT2D eigenvalue weighted by Gasteiger charge is 2.23. The van der Waals surface area contributed by atoms with E-state index in [4.69, 9.17) is 9.84 Å². The largest absolute Gasteiger partial charge is 0.481 e. The van der Waals surface area contributed by atoms with Crippen LogP contribution in [0.25, 0.3) is 0 Å². The molecule has 0 aromatic heterocycles. The summed E-state index contributed by atoms with van der Waals surface area (Å²) in [5.41, 5.74) is 0. The third-order valence-corrected chi connectivity index (χ3v) is 3.15. The van der Waals surface area contributed by atoms with E-state index in [1.54, 1.807) is 18.9 Å². The van der Waals surface area contributed by atoms with Crippen LogP contribution in [0.2, 0.25) is 0 Å². The highest BCUT2D eigenvalue weighted by atomic mass is 16.5. The molecule has 1 N–H and O–H groups in total. The molecule has 1 saturated heterocycles. The van der Waals surface area contributed by atoms with Gasteiger partial charge in [0.05, 0.1) is 6.42 Å². The van der Waals surface area contributed by atoms with Gasteiger partial charge in [0.15, 0.2) is 0 Å². The van der Waals surface area contributed by atoms with Crippen LogP contribution in [0, 0.1) is 11.8 Å². The standard InChI is InChI=1S/C12H21NO4/c1-9(7-11(14)15)12(16)13(2)8-10-3-5-17-6-4-10/h9-10H,3-8H2,1-2H3,(H,14,15). The van der Waals surface area contributed by atoms with Crippen LogP contribution in [0.4, 0.5) is 0 Å². The molecule has 1 aliphatic rings. The first-order valence-electron chi connectivity index (χ1n) is 6.05. The van der Waals surface area contributed by atoms with Crippen LogP contribution in [-0.4, -0.2) is 48.7 Å². The van der Waals surface area contributed by atoms with Gasteiger partial charge in [-0.15, -0.1) is 0 Å². The lowest BCUT2D eigenvalue weighted by atomic mass is 9.99. The molecule has 1 unspecified atom stereocenters. The molecule has 5 nitrogen and oxygen atoms in total. The minimum Gasteiger partial charge on any atom is -0.481 e. The molecule has 1 heterocycles. The summed E-state index contributed by atoms with van der Waals surface area (Å²) in [6, 6.07) is 0. The van der Waals surface area contributed by atoms with Gasteiger partial charge in [0.1, 0.15) is 0 Å². The lowest BCUT2D eigenvalue weighted by molar-refractivity contribution is -0.143. The molecule has 1 rings (SSSR count). The Labute approximate surface area is 102 Å². The maximum atomic E-state index is 11.9. The molecule has 0 spiro atoms. The molecular formula is C12H21NO4. The molecule has 0 aromatic rings. The molecule has 0 saturated carbocycles. The Morgan fingerprint density at radius 2 is 2.00 bits per heavy atom. The highest BCUT2D eigenvalue weighted by Crippen LogP contribution is 2.17. The van der Waals surface area contributed by atoms with Crippen molar-refractivity contribution in [2.45, 2.75) is 26.2 Å². The lowest BCUT2D eigenvalue weighted by Crippen LogP contribution is -2.37. The number of carbonyl (C=O) groups excluding carboxylic acids is 1. The van der Waals surface area contributed by atoms with Gasteiger partial charge < -0.3 is 14.7 Å². The number of carboxylic acids is 1. The van der Waals surface area contributed by atoms with Gasteiger partial charge in [-0.05, 0) is 18.8 Å². The van der Waals surface area contributed by atoms with E-state index in [9.17, 15) is 9.59 Å². The minimum absolute atomic E-state index is 0.0844. The van der Waals surface area contributed by atoms with E-state index >= 15 is 0 Å². The number of hydrogen-bond acceptors (Lipinski definition) is 3. The van der Waals surface area contributed by atoms with Crippen LogP contribution in [0.15, 0.2) is 0 Å². The number of nitrogens with zero attached hydrogens (tertiary/aromatic N) is 1. The molecule has 17 heavy (non-hydrogen) atoms. The Kier molecular flexibility index (Phi) is 5.41. The Bertz CT molecular complexity index is 274. The van der Waals surface area contributed by atoms with Crippen molar-refractivity contribution >= 4 is 11.9 Å². The summed E-state index contributed by atoms with van der Waals surface area (Å²) in [7, 11) is 1.75. The van der Waals surface area contributed by atoms with Crippen LogP contribution in [-0.2, 0) is 14.3 Å². The molecule has 0 aliphatic carbocycles. The Hall–Kier alpha value is -1.10. The second-order valence-corrected chi connectivity index (χ2v) is 4.77. The van der Waals surface area contributed by atoms with Crippen LogP contribution < -0.4 is 0 Å². The van der Waals surface area contributed by atoms with E-state index < -0.39 is 11.9 Å². The fourth-order valence-electron chi connectivity index (χ4n) is 2.13. The van der Waals surface area contributed by atoms with Crippen molar-refractivity contribution in [3.8, 4) is 0 Å². The predicted molar refractivity (Wildman–Crippen MR) is 62.6 cm³/mol. The summed E-state index contributed by atoms with van der Waals surface area (Å²) < 4.78 is 5.26. The summed E-state index contributed by atoms with van der Waals surface area (Å²) in [4.78, 5) is 24.1. The summed E-state index contributed by atoms with van der Waals surface area (Å²) in [5, 5.41) is 8.65. The number of carboxylic acid groups (broad SMARTS) is 1. The van der Waals surface area contributed by atoms with Crippen LogP contribution in [0.5, 0.6) is 0 Å². The maximum Gasteiger partial charge on any atom is 0.304 e. The van der Waals surface area contributed by atoms with Crippen molar-refractivity contribution in [3.63, 3.8) is 0 Å². The summed E-state index contributed by atoms with van der Waals surface area (Å²) in [6.45, 7) is 3.89. The first-order chi connectivity index (χ1) is 8.00. The van der Waals surface area contributed by atoms with E-state index in [2.05, 4.69) is 0 Å². The SMILES string of the molecule is CC(CC(=O)O)C(=O)N(C)CC1CCOCC1. The van der Waals surface area contributed by atoms with Gasteiger partial charge in [0.25, 0.3) is 0 Å². The van der Waals surface area contributed by atoms with Gasteiger partial charge in [0, 0.05) is 32.7 Å². The molecular weight excluding hydrogens is 222 g/mol. The molecule has 1 atom stereocenters. The Morgan fingerprint density at radius 3 is 2.53 bits per heavy atom. The molecule has 1 fully saturated rings. The number of ether oxygens (including phenoxy) is 1. The van der Waals surface area contributed by atoms with Crippen molar-refractivity contribution in [3.05, 3.63) is 0 Å². The first-order valence-corrected chi connectivity index (χ1v) is 6.05. The molecule has 1 amide bonds. The van der Waals surface area contributed by atoms with Gasteiger partial charge >= 0.3 is 5.97 Å². The molecule has 5 heteroatoms. The zero-order valence-corrected chi connectivity index (χ0v) is 10.5. The second kappa shape index (κ2) is 6.59. The topological polar surface area (TPSA) is 66.8 Å². The Morgan fingerprint density at radius 1 is 1.41 bits per heavy atom. The number of hydrogen-bond donors (Lipinski definition) is 1. The fourth-order valence-corrected chi connectivity index (χ4v) is 2.13. The predicted octanol–water partition coefficient (Wildman–Crippen LogP) is 0.982. The first kappa shape index (κ1) is 14.0. The number of rotatable bonds is 5. The van der Waals surface area contributed by atoms with E-state index in [1.165, 1.54) is 0 Å². The zero-order valence-electron chi connectivity index (χ0n) is 10.5. The maximum absolute atomic E-state index is 11.9. The van der Waals surface area contributed by atoms with Crippen molar-refractivity contribution < 1.29 is 19.4 Å². The third-order valence-electron chi connectivity index (χ3n) is 3.15. The normalized spacial score (nSPS) is 18.7. The van der Waals surface area contributed by atoms with Crippen LogP contribution in [0.1, 0.15) is 26.2 Å². The monoisotopic (exact) mass is 243 g/mol. The number of amides is 1.